The van der Waals surface area contributed by atoms with Crippen LogP contribution in [0.3, 0.4) is 0 Å². The van der Waals surface area contributed by atoms with Crippen molar-refractivity contribution < 1.29 is 18.7 Å². The van der Waals surface area contributed by atoms with Crippen molar-refractivity contribution in [3.63, 3.8) is 0 Å². The van der Waals surface area contributed by atoms with Gasteiger partial charge in [0, 0.05) is 17.8 Å². The van der Waals surface area contributed by atoms with Gasteiger partial charge >= 0.3 is 0 Å². The molecule has 152 valence electrons. The summed E-state index contributed by atoms with van der Waals surface area (Å²) in [5, 5.41) is 2.95. The third-order valence-electron chi connectivity index (χ3n) is 5.63. The van der Waals surface area contributed by atoms with Crippen LogP contribution in [-0.4, -0.2) is 42.5 Å². The van der Waals surface area contributed by atoms with Crippen molar-refractivity contribution in [2.24, 2.45) is 5.92 Å². The zero-order chi connectivity index (χ0) is 20.4. The highest BCUT2D eigenvalue weighted by Gasteiger charge is 2.37. The van der Waals surface area contributed by atoms with Crippen LogP contribution >= 0.6 is 0 Å². The fourth-order valence-corrected chi connectivity index (χ4v) is 3.85. The highest BCUT2D eigenvalue weighted by atomic mass is 19.1. The second-order valence-electron chi connectivity index (χ2n) is 7.86. The van der Waals surface area contributed by atoms with Gasteiger partial charge in [0.05, 0.1) is 25.2 Å². The molecule has 2 amide bonds. The first kappa shape index (κ1) is 19.6. The summed E-state index contributed by atoms with van der Waals surface area (Å²) in [4.78, 5) is 27.4. The van der Waals surface area contributed by atoms with Gasteiger partial charge in [-0.2, -0.15) is 0 Å². The molecule has 2 fully saturated rings. The van der Waals surface area contributed by atoms with E-state index in [0.29, 0.717) is 36.9 Å². The summed E-state index contributed by atoms with van der Waals surface area (Å²) in [6.07, 6.45) is 2.00. The molecule has 1 N–H and O–H groups in total. The molecule has 0 aromatic heterocycles. The van der Waals surface area contributed by atoms with Crippen molar-refractivity contribution in [1.82, 2.24) is 4.90 Å². The highest BCUT2D eigenvalue weighted by molar-refractivity contribution is 5.98. The monoisotopic (exact) mass is 396 g/mol. The van der Waals surface area contributed by atoms with Crippen LogP contribution in [0.15, 0.2) is 48.5 Å². The third kappa shape index (κ3) is 4.48. The van der Waals surface area contributed by atoms with Crippen molar-refractivity contribution >= 4 is 17.5 Å². The van der Waals surface area contributed by atoms with Crippen LogP contribution < -0.4 is 5.32 Å². The molecule has 1 saturated heterocycles. The molecule has 1 saturated carbocycles. The number of amides is 2. The van der Waals surface area contributed by atoms with Gasteiger partial charge in [-0.15, -0.1) is 0 Å². The molecule has 2 aromatic rings. The van der Waals surface area contributed by atoms with E-state index < -0.39 is 0 Å². The first-order chi connectivity index (χ1) is 14.0. The Balaban J connectivity index is 1.44. The maximum atomic E-state index is 13.2. The lowest BCUT2D eigenvalue weighted by Gasteiger charge is -2.33. The van der Waals surface area contributed by atoms with Crippen LogP contribution in [0.2, 0.25) is 0 Å². The predicted octanol–water partition coefficient (Wildman–Crippen LogP) is 3.82. The minimum absolute atomic E-state index is 0.0270. The van der Waals surface area contributed by atoms with Crippen molar-refractivity contribution in [2.45, 2.75) is 31.7 Å². The minimum Gasteiger partial charge on any atom is -0.377 e. The summed E-state index contributed by atoms with van der Waals surface area (Å²) in [6.45, 7) is 3.65. The quantitative estimate of drug-likeness (QED) is 0.836. The Morgan fingerprint density at radius 1 is 1.10 bits per heavy atom. The summed E-state index contributed by atoms with van der Waals surface area (Å²) >= 11 is 0. The molecule has 4 rings (SSSR count). The topological polar surface area (TPSA) is 58.6 Å². The Kier molecular flexibility index (Phi) is 5.62. The van der Waals surface area contributed by atoms with Gasteiger partial charge in [-0.25, -0.2) is 4.39 Å². The third-order valence-corrected chi connectivity index (χ3v) is 5.63. The van der Waals surface area contributed by atoms with Crippen LogP contribution in [0.4, 0.5) is 10.1 Å². The summed E-state index contributed by atoms with van der Waals surface area (Å²) in [5.41, 5.74) is 2.07. The molecule has 29 heavy (non-hydrogen) atoms. The number of hydrogen-bond acceptors (Lipinski definition) is 3. The predicted molar refractivity (Wildman–Crippen MR) is 108 cm³/mol. The largest absolute Gasteiger partial charge is 0.377 e. The average Bonchev–Trinajstić information content (AvgIpc) is 3.55. The fraction of sp³-hybridized carbons (Fsp3) is 0.391. The number of anilines is 1. The SMILES string of the molecule is CC1COCCN1C(=O)c1ccc(NC(=O)C(c2ccc(F)cc2)C2CC2)cc1. The molecule has 6 heteroatoms. The molecule has 0 bridgehead atoms. The zero-order valence-electron chi connectivity index (χ0n) is 16.4. The van der Waals surface area contributed by atoms with Crippen molar-refractivity contribution in [1.29, 1.82) is 0 Å². The van der Waals surface area contributed by atoms with E-state index in [0.717, 1.165) is 18.4 Å². The van der Waals surface area contributed by atoms with E-state index in [1.807, 2.05) is 11.8 Å². The Morgan fingerprint density at radius 2 is 1.79 bits per heavy atom. The Labute approximate surface area is 169 Å². The van der Waals surface area contributed by atoms with Crippen LogP contribution in [0.1, 0.15) is 41.6 Å². The zero-order valence-corrected chi connectivity index (χ0v) is 16.4. The molecule has 1 aliphatic heterocycles. The molecule has 2 unspecified atom stereocenters. The molecular formula is C23H25FN2O3. The van der Waals surface area contributed by atoms with Gasteiger partial charge in [0.15, 0.2) is 0 Å². The van der Waals surface area contributed by atoms with Crippen molar-refractivity contribution in [3.05, 3.63) is 65.5 Å². The van der Waals surface area contributed by atoms with Gasteiger partial charge in [-0.1, -0.05) is 12.1 Å². The highest BCUT2D eigenvalue weighted by Crippen LogP contribution is 2.43. The van der Waals surface area contributed by atoms with E-state index in [9.17, 15) is 14.0 Å². The number of hydrogen-bond donors (Lipinski definition) is 1. The Morgan fingerprint density at radius 3 is 2.41 bits per heavy atom. The summed E-state index contributed by atoms with van der Waals surface area (Å²) in [7, 11) is 0. The first-order valence-corrected chi connectivity index (χ1v) is 10.1. The number of ether oxygens (including phenoxy) is 1. The van der Waals surface area contributed by atoms with Gasteiger partial charge in [0.25, 0.3) is 5.91 Å². The lowest BCUT2D eigenvalue weighted by atomic mass is 9.93. The number of nitrogens with one attached hydrogen (secondary N) is 1. The van der Waals surface area contributed by atoms with Gasteiger partial charge in [0.2, 0.25) is 5.91 Å². The average molecular weight is 396 g/mol. The Bertz CT molecular complexity index is 878. The number of benzene rings is 2. The number of carbonyl (C=O) groups excluding carboxylic acids is 2. The van der Waals surface area contributed by atoms with Gasteiger partial charge < -0.3 is 15.0 Å². The number of nitrogens with zero attached hydrogens (tertiary/aromatic N) is 1. The number of rotatable bonds is 5. The normalized spacial score (nSPS) is 20.2. The van der Waals surface area contributed by atoms with Gasteiger partial charge in [-0.3, -0.25) is 9.59 Å². The maximum absolute atomic E-state index is 13.2. The maximum Gasteiger partial charge on any atom is 0.254 e. The molecule has 2 atom stereocenters. The smallest absolute Gasteiger partial charge is 0.254 e. The Hall–Kier alpha value is -2.73. The van der Waals surface area contributed by atoms with E-state index in [-0.39, 0.29) is 29.6 Å². The lowest BCUT2D eigenvalue weighted by molar-refractivity contribution is -0.118. The van der Waals surface area contributed by atoms with Crippen LogP contribution in [0, 0.1) is 11.7 Å². The molecule has 1 heterocycles. The molecule has 2 aliphatic rings. The summed E-state index contributed by atoms with van der Waals surface area (Å²) < 4.78 is 18.6. The van der Waals surface area contributed by atoms with E-state index in [4.69, 9.17) is 4.74 Å². The molecule has 5 nitrogen and oxygen atoms in total. The number of morpholine rings is 1. The van der Waals surface area contributed by atoms with Gasteiger partial charge in [0.1, 0.15) is 5.82 Å². The summed E-state index contributed by atoms with van der Waals surface area (Å²) in [5.74, 6) is -0.422. The number of carbonyl (C=O) groups is 2. The number of halogens is 1. The van der Waals surface area contributed by atoms with E-state index in [2.05, 4.69) is 5.32 Å². The molecule has 0 radical (unpaired) electrons. The molecule has 1 aliphatic carbocycles. The second kappa shape index (κ2) is 8.33. The van der Waals surface area contributed by atoms with E-state index in [1.165, 1.54) is 12.1 Å². The van der Waals surface area contributed by atoms with Crippen LogP contribution in [-0.2, 0) is 9.53 Å². The minimum atomic E-state index is -0.307. The second-order valence-corrected chi connectivity index (χ2v) is 7.86. The van der Waals surface area contributed by atoms with E-state index >= 15 is 0 Å². The standard InChI is InChI=1S/C23H25FN2O3/c1-15-14-29-13-12-26(15)23(28)18-6-10-20(11-7-18)25-22(27)21(16-2-3-16)17-4-8-19(24)9-5-17/h4-11,15-16,21H,2-3,12-14H2,1H3,(H,25,27). The van der Waals surface area contributed by atoms with Crippen LogP contribution in [0.25, 0.3) is 0 Å². The van der Waals surface area contributed by atoms with Crippen molar-refractivity contribution in [3.8, 4) is 0 Å². The van der Waals surface area contributed by atoms with E-state index in [1.54, 1.807) is 36.4 Å². The molecule has 2 aromatic carbocycles. The van der Waals surface area contributed by atoms with Crippen molar-refractivity contribution in [2.75, 3.05) is 25.1 Å². The fourth-order valence-electron chi connectivity index (χ4n) is 3.85. The molecule has 0 spiro atoms. The van der Waals surface area contributed by atoms with Crippen LogP contribution in [0.5, 0.6) is 0 Å². The summed E-state index contributed by atoms with van der Waals surface area (Å²) in [6, 6.07) is 13.2. The van der Waals surface area contributed by atoms with Gasteiger partial charge in [-0.05, 0) is 67.6 Å². The first-order valence-electron chi connectivity index (χ1n) is 10.1. The lowest BCUT2D eigenvalue weighted by Crippen LogP contribution is -2.47. The molecular weight excluding hydrogens is 371 g/mol.